The zero-order chi connectivity index (χ0) is 12.6. The minimum absolute atomic E-state index is 0.258. The lowest BCUT2D eigenvalue weighted by atomic mass is 9.80. The van der Waals surface area contributed by atoms with Gasteiger partial charge in [-0.3, -0.25) is 0 Å². The number of nitrogens with zero attached hydrogens (tertiary/aromatic N) is 1. The van der Waals surface area contributed by atoms with Gasteiger partial charge in [0.15, 0.2) is 0 Å². The molecule has 1 saturated carbocycles. The van der Waals surface area contributed by atoms with Gasteiger partial charge in [-0.2, -0.15) is 0 Å². The van der Waals surface area contributed by atoms with Crippen molar-refractivity contribution < 1.29 is 0 Å². The van der Waals surface area contributed by atoms with Crippen LogP contribution in [0.15, 0.2) is 30.3 Å². The molecular weight excluding hydrogens is 244 g/mol. The topological polar surface area (TPSA) is 38.9 Å². The maximum absolute atomic E-state index is 6.52. The number of para-hydroxylation sites is 1. The molecule has 1 fully saturated rings. The number of hydrogen-bond donors (Lipinski definition) is 1. The Kier molecular flexibility index (Phi) is 3.00. The van der Waals surface area contributed by atoms with E-state index in [4.69, 9.17) is 22.3 Å². The van der Waals surface area contributed by atoms with Gasteiger partial charge < -0.3 is 5.73 Å². The van der Waals surface area contributed by atoms with Crippen LogP contribution in [0.2, 0.25) is 5.02 Å². The van der Waals surface area contributed by atoms with E-state index in [2.05, 4.69) is 12.1 Å². The molecule has 3 rings (SSSR count). The van der Waals surface area contributed by atoms with Crippen molar-refractivity contribution in [2.45, 2.75) is 37.6 Å². The summed E-state index contributed by atoms with van der Waals surface area (Å²) in [5.74, 6) is 0. The zero-order valence-corrected chi connectivity index (χ0v) is 11.1. The van der Waals surface area contributed by atoms with Crippen LogP contribution in [0.5, 0.6) is 0 Å². The van der Waals surface area contributed by atoms with Crippen LogP contribution in [0.4, 0.5) is 0 Å². The summed E-state index contributed by atoms with van der Waals surface area (Å²) in [6, 6.07) is 9.99. The molecule has 0 aliphatic heterocycles. The monoisotopic (exact) mass is 260 g/mol. The molecule has 94 valence electrons. The first-order chi connectivity index (χ1) is 8.69. The van der Waals surface area contributed by atoms with Crippen molar-refractivity contribution in [1.82, 2.24) is 4.98 Å². The average Bonchev–Trinajstić information content (AvgIpc) is 2.40. The molecule has 0 amide bonds. The molecule has 1 aromatic carbocycles. The quantitative estimate of drug-likeness (QED) is 0.842. The Labute approximate surface area is 112 Å². The fourth-order valence-corrected chi connectivity index (χ4v) is 3.05. The molecule has 0 unspecified atom stereocenters. The third-order valence-corrected chi connectivity index (χ3v) is 4.23. The van der Waals surface area contributed by atoms with E-state index in [0.29, 0.717) is 5.02 Å². The molecule has 2 nitrogen and oxygen atoms in total. The number of fused-ring (bicyclic) bond motifs is 1. The summed E-state index contributed by atoms with van der Waals surface area (Å²) in [5.41, 5.74) is 8.11. The lowest BCUT2D eigenvalue weighted by molar-refractivity contribution is 0.296. The highest BCUT2D eigenvalue weighted by molar-refractivity contribution is 6.35. The molecule has 0 spiro atoms. The standard InChI is InChI=1S/C15H17ClN2/c16-12-6-4-5-11-7-8-13(18-14(11)12)15(17)9-2-1-3-10-15/h4-8H,1-3,9-10,17H2. The minimum Gasteiger partial charge on any atom is -0.320 e. The van der Waals surface area contributed by atoms with Gasteiger partial charge in [-0.25, -0.2) is 4.98 Å². The molecule has 18 heavy (non-hydrogen) atoms. The third kappa shape index (κ3) is 2.00. The largest absolute Gasteiger partial charge is 0.320 e. The Bertz CT molecular complexity index is 574. The van der Waals surface area contributed by atoms with E-state index in [9.17, 15) is 0 Å². The van der Waals surface area contributed by atoms with Crippen LogP contribution in [-0.4, -0.2) is 4.98 Å². The van der Waals surface area contributed by atoms with Crippen molar-refractivity contribution in [1.29, 1.82) is 0 Å². The smallest absolute Gasteiger partial charge is 0.0892 e. The molecule has 0 atom stereocenters. The van der Waals surface area contributed by atoms with Gasteiger partial charge in [-0.05, 0) is 25.0 Å². The summed E-state index contributed by atoms with van der Waals surface area (Å²) in [6.45, 7) is 0. The summed E-state index contributed by atoms with van der Waals surface area (Å²) >= 11 is 6.21. The number of hydrogen-bond acceptors (Lipinski definition) is 2. The lowest BCUT2D eigenvalue weighted by Gasteiger charge is -2.33. The molecule has 1 aliphatic rings. The molecule has 0 bridgehead atoms. The number of halogens is 1. The van der Waals surface area contributed by atoms with Gasteiger partial charge >= 0.3 is 0 Å². The minimum atomic E-state index is -0.258. The first-order valence-corrected chi connectivity index (χ1v) is 6.91. The van der Waals surface area contributed by atoms with Gasteiger partial charge in [-0.15, -0.1) is 0 Å². The molecule has 2 N–H and O–H groups in total. The number of benzene rings is 1. The Morgan fingerprint density at radius 3 is 2.61 bits per heavy atom. The predicted molar refractivity (Wildman–Crippen MR) is 75.7 cm³/mol. The van der Waals surface area contributed by atoms with Crippen LogP contribution in [0.1, 0.15) is 37.8 Å². The second-order valence-electron chi connectivity index (χ2n) is 5.22. The van der Waals surface area contributed by atoms with Crippen molar-refractivity contribution in [2.24, 2.45) is 5.73 Å². The van der Waals surface area contributed by atoms with Crippen LogP contribution >= 0.6 is 11.6 Å². The second-order valence-corrected chi connectivity index (χ2v) is 5.63. The normalized spacial score (nSPS) is 19.0. The van der Waals surface area contributed by atoms with Gasteiger partial charge in [0.05, 0.1) is 21.8 Å². The van der Waals surface area contributed by atoms with E-state index in [1.165, 1.54) is 19.3 Å². The van der Waals surface area contributed by atoms with Crippen LogP contribution in [0, 0.1) is 0 Å². The molecule has 1 heterocycles. The number of pyridine rings is 1. The number of nitrogens with two attached hydrogens (primary N) is 1. The van der Waals surface area contributed by atoms with E-state index < -0.39 is 0 Å². The van der Waals surface area contributed by atoms with Gasteiger partial charge in [0, 0.05) is 5.39 Å². The van der Waals surface area contributed by atoms with Crippen LogP contribution in [0.3, 0.4) is 0 Å². The van der Waals surface area contributed by atoms with Crippen molar-refractivity contribution >= 4 is 22.5 Å². The highest BCUT2D eigenvalue weighted by Crippen LogP contribution is 2.35. The van der Waals surface area contributed by atoms with Crippen molar-refractivity contribution in [3.05, 3.63) is 41.0 Å². The van der Waals surface area contributed by atoms with Gasteiger partial charge in [0.25, 0.3) is 0 Å². The van der Waals surface area contributed by atoms with Crippen LogP contribution < -0.4 is 5.73 Å². The van der Waals surface area contributed by atoms with Gasteiger partial charge in [0.2, 0.25) is 0 Å². The molecule has 0 saturated heterocycles. The summed E-state index contributed by atoms with van der Waals surface area (Å²) in [7, 11) is 0. The van der Waals surface area contributed by atoms with E-state index in [1.54, 1.807) is 0 Å². The van der Waals surface area contributed by atoms with E-state index in [0.717, 1.165) is 29.4 Å². The fraction of sp³-hybridized carbons (Fsp3) is 0.400. The van der Waals surface area contributed by atoms with Gasteiger partial charge in [-0.1, -0.05) is 49.1 Å². The summed E-state index contributed by atoms with van der Waals surface area (Å²) < 4.78 is 0. The molecule has 1 aliphatic carbocycles. The Hall–Kier alpha value is -1.12. The van der Waals surface area contributed by atoms with E-state index in [1.807, 2.05) is 18.2 Å². The predicted octanol–water partition coefficient (Wildman–Crippen LogP) is 4.01. The number of aromatic nitrogens is 1. The maximum Gasteiger partial charge on any atom is 0.0892 e. The highest BCUT2D eigenvalue weighted by Gasteiger charge is 2.30. The SMILES string of the molecule is NC1(c2ccc3cccc(Cl)c3n2)CCCCC1. The van der Waals surface area contributed by atoms with Crippen molar-refractivity contribution in [3.8, 4) is 0 Å². The molecular formula is C15H17ClN2. The fourth-order valence-electron chi connectivity index (χ4n) is 2.83. The molecule has 3 heteroatoms. The zero-order valence-electron chi connectivity index (χ0n) is 10.3. The molecule has 2 aromatic rings. The van der Waals surface area contributed by atoms with Crippen LogP contribution in [-0.2, 0) is 5.54 Å². The maximum atomic E-state index is 6.52. The third-order valence-electron chi connectivity index (χ3n) is 3.93. The lowest BCUT2D eigenvalue weighted by Crippen LogP contribution is -2.39. The number of rotatable bonds is 1. The van der Waals surface area contributed by atoms with E-state index >= 15 is 0 Å². The second kappa shape index (κ2) is 4.52. The summed E-state index contributed by atoms with van der Waals surface area (Å²) in [5, 5.41) is 1.78. The van der Waals surface area contributed by atoms with E-state index in [-0.39, 0.29) is 5.54 Å². The van der Waals surface area contributed by atoms with Gasteiger partial charge in [0.1, 0.15) is 0 Å². The first kappa shape index (κ1) is 11.9. The summed E-state index contributed by atoms with van der Waals surface area (Å²) in [6.07, 6.45) is 5.72. The average molecular weight is 261 g/mol. The van der Waals surface area contributed by atoms with Crippen LogP contribution in [0.25, 0.3) is 10.9 Å². The molecule has 1 aromatic heterocycles. The molecule has 0 radical (unpaired) electrons. The summed E-state index contributed by atoms with van der Waals surface area (Å²) in [4.78, 5) is 4.71. The Morgan fingerprint density at radius 1 is 1.06 bits per heavy atom. The van der Waals surface area contributed by atoms with Crippen molar-refractivity contribution in [3.63, 3.8) is 0 Å². The first-order valence-electron chi connectivity index (χ1n) is 6.54. The Morgan fingerprint density at radius 2 is 1.83 bits per heavy atom. The van der Waals surface area contributed by atoms with Crippen molar-refractivity contribution in [2.75, 3.05) is 0 Å². The Balaban J connectivity index is 2.10. The highest BCUT2D eigenvalue weighted by atomic mass is 35.5.